The van der Waals surface area contributed by atoms with Crippen molar-refractivity contribution in [3.8, 4) is 17.5 Å². The first-order chi connectivity index (χ1) is 13.7. The summed E-state index contributed by atoms with van der Waals surface area (Å²) in [5.74, 6) is 1.15. The highest BCUT2D eigenvalue weighted by molar-refractivity contribution is 7.17. The van der Waals surface area contributed by atoms with Crippen LogP contribution in [0.4, 0.5) is 0 Å². The highest BCUT2D eigenvalue weighted by Crippen LogP contribution is 2.43. The standard InChI is InChI=1S/C20H19ClN4O2S/c21-14-8-3-2-7-13(14)16(24-10-4-1-5-11-24)17-19(26)25-20(28-17)22-18(23-25)15-9-6-12-27-15/h2-3,6-9,12,16,26H,1,4-5,10-11H2/t16-/m1/s1. The van der Waals surface area contributed by atoms with E-state index >= 15 is 0 Å². The quantitative estimate of drug-likeness (QED) is 0.509. The van der Waals surface area contributed by atoms with Gasteiger partial charge in [0.05, 0.1) is 17.2 Å². The van der Waals surface area contributed by atoms with Crippen LogP contribution in [0, 0.1) is 0 Å². The molecule has 1 fully saturated rings. The van der Waals surface area contributed by atoms with Crippen LogP contribution in [0.15, 0.2) is 47.1 Å². The summed E-state index contributed by atoms with van der Waals surface area (Å²) in [4.78, 5) is 8.39. The van der Waals surface area contributed by atoms with Crippen molar-refractivity contribution in [1.29, 1.82) is 0 Å². The van der Waals surface area contributed by atoms with E-state index in [1.165, 1.54) is 22.3 Å². The molecule has 3 aromatic heterocycles. The predicted octanol–water partition coefficient (Wildman–Crippen LogP) is 4.99. The Morgan fingerprint density at radius 2 is 1.93 bits per heavy atom. The Morgan fingerprint density at radius 3 is 2.64 bits per heavy atom. The smallest absolute Gasteiger partial charge is 0.230 e. The lowest BCUT2D eigenvalue weighted by Crippen LogP contribution is -2.34. The number of aromatic hydroxyl groups is 1. The number of benzene rings is 1. The fourth-order valence-electron chi connectivity index (χ4n) is 3.82. The minimum atomic E-state index is -0.116. The molecule has 1 N–H and O–H groups in total. The topological polar surface area (TPSA) is 66.8 Å². The van der Waals surface area contributed by atoms with Crippen LogP contribution in [-0.2, 0) is 0 Å². The average molecular weight is 415 g/mol. The number of hydrogen-bond acceptors (Lipinski definition) is 6. The summed E-state index contributed by atoms with van der Waals surface area (Å²) in [7, 11) is 0. The Hall–Kier alpha value is -2.35. The maximum Gasteiger partial charge on any atom is 0.230 e. The van der Waals surface area contributed by atoms with Gasteiger partial charge in [0.1, 0.15) is 0 Å². The maximum absolute atomic E-state index is 11.0. The minimum Gasteiger partial charge on any atom is -0.492 e. The van der Waals surface area contributed by atoms with Gasteiger partial charge in [0, 0.05) is 5.02 Å². The molecule has 1 atom stereocenters. The number of rotatable bonds is 4. The molecule has 6 nitrogen and oxygen atoms in total. The number of hydrogen-bond donors (Lipinski definition) is 1. The van der Waals surface area contributed by atoms with Gasteiger partial charge in [-0.1, -0.05) is 47.6 Å². The Labute approximate surface area is 171 Å². The highest BCUT2D eigenvalue weighted by atomic mass is 35.5. The van der Waals surface area contributed by atoms with Crippen molar-refractivity contribution < 1.29 is 9.52 Å². The molecule has 1 aromatic carbocycles. The van der Waals surface area contributed by atoms with Crippen LogP contribution in [-0.4, -0.2) is 37.7 Å². The molecule has 0 aliphatic carbocycles. The van der Waals surface area contributed by atoms with Crippen molar-refractivity contribution in [2.75, 3.05) is 13.1 Å². The SMILES string of the molecule is Oc1c([C@@H](c2ccccc2Cl)N2CCCCC2)sc2nc(-c3ccco3)nn12. The monoisotopic (exact) mass is 414 g/mol. The number of thiazole rings is 1. The summed E-state index contributed by atoms with van der Waals surface area (Å²) in [5.41, 5.74) is 0.997. The molecule has 28 heavy (non-hydrogen) atoms. The molecule has 1 aliphatic heterocycles. The average Bonchev–Trinajstić information content (AvgIpc) is 3.43. The zero-order chi connectivity index (χ0) is 19.1. The Morgan fingerprint density at radius 1 is 1.11 bits per heavy atom. The van der Waals surface area contributed by atoms with Crippen molar-refractivity contribution in [3.63, 3.8) is 0 Å². The van der Waals surface area contributed by atoms with Crippen LogP contribution in [0.1, 0.15) is 35.7 Å². The number of furan rings is 1. The van der Waals surface area contributed by atoms with E-state index in [4.69, 9.17) is 16.0 Å². The zero-order valence-electron chi connectivity index (χ0n) is 15.1. The van der Waals surface area contributed by atoms with Gasteiger partial charge >= 0.3 is 0 Å². The van der Waals surface area contributed by atoms with Crippen molar-refractivity contribution in [2.45, 2.75) is 25.3 Å². The first kappa shape index (κ1) is 17.7. The van der Waals surface area contributed by atoms with Gasteiger partial charge in [-0.15, -0.1) is 5.10 Å². The fraction of sp³-hybridized carbons (Fsp3) is 0.300. The van der Waals surface area contributed by atoms with E-state index in [9.17, 15) is 5.11 Å². The number of fused-ring (bicyclic) bond motifs is 1. The van der Waals surface area contributed by atoms with Gasteiger partial charge < -0.3 is 9.52 Å². The Bertz CT molecular complexity index is 1100. The second-order valence-electron chi connectivity index (χ2n) is 6.92. The molecule has 0 bridgehead atoms. The molecular weight excluding hydrogens is 396 g/mol. The lowest BCUT2D eigenvalue weighted by atomic mass is 10.0. The molecule has 8 heteroatoms. The molecule has 1 aliphatic rings. The lowest BCUT2D eigenvalue weighted by molar-refractivity contribution is 0.186. The number of likely N-dealkylation sites (tertiary alicyclic amines) is 1. The van der Waals surface area contributed by atoms with Crippen molar-refractivity contribution in [3.05, 3.63) is 58.1 Å². The molecule has 0 unspecified atom stereocenters. The number of aromatic nitrogens is 3. The largest absolute Gasteiger partial charge is 0.492 e. The molecule has 0 saturated carbocycles. The summed E-state index contributed by atoms with van der Waals surface area (Å²) in [6.45, 7) is 1.95. The molecular formula is C20H19ClN4O2S. The molecule has 5 rings (SSSR count). The summed E-state index contributed by atoms with van der Waals surface area (Å²) >= 11 is 8.00. The van der Waals surface area contributed by atoms with Gasteiger partial charge in [-0.05, 0) is 49.7 Å². The minimum absolute atomic E-state index is 0.112. The molecule has 0 spiro atoms. The van der Waals surface area contributed by atoms with Gasteiger partial charge in [-0.2, -0.15) is 9.50 Å². The second-order valence-corrected chi connectivity index (χ2v) is 8.33. The second kappa shape index (κ2) is 7.24. The Balaban J connectivity index is 1.62. The predicted molar refractivity (Wildman–Crippen MR) is 109 cm³/mol. The molecule has 4 heterocycles. The van der Waals surface area contributed by atoms with Gasteiger partial charge in [-0.3, -0.25) is 4.90 Å². The van der Waals surface area contributed by atoms with Gasteiger partial charge in [0.2, 0.25) is 16.7 Å². The van der Waals surface area contributed by atoms with Crippen LogP contribution >= 0.6 is 22.9 Å². The first-order valence-corrected chi connectivity index (χ1v) is 10.5. The van der Waals surface area contributed by atoms with E-state index in [-0.39, 0.29) is 11.9 Å². The summed E-state index contributed by atoms with van der Waals surface area (Å²) in [6.07, 6.45) is 5.11. The van der Waals surface area contributed by atoms with Crippen LogP contribution < -0.4 is 0 Å². The fourth-order valence-corrected chi connectivity index (χ4v) is 5.16. The highest BCUT2D eigenvalue weighted by Gasteiger charge is 2.31. The molecule has 0 amide bonds. The lowest BCUT2D eigenvalue weighted by Gasteiger charge is -2.34. The van der Waals surface area contributed by atoms with Gasteiger partial charge in [0.25, 0.3) is 0 Å². The number of nitrogens with zero attached hydrogens (tertiary/aromatic N) is 4. The van der Waals surface area contributed by atoms with Crippen LogP contribution in [0.2, 0.25) is 5.02 Å². The zero-order valence-corrected chi connectivity index (χ0v) is 16.7. The third kappa shape index (κ3) is 2.99. The maximum atomic E-state index is 11.0. The van der Waals surface area contributed by atoms with E-state index < -0.39 is 0 Å². The first-order valence-electron chi connectivity index (χ1n) is 9.33. The molecule has 0 radical (unpaired) electrons. The van der Waals surface area contributed by atoms with Gasteiger partial charge in [0.15, 0.2) is 5.76 Å². The van der Waals surface area contributed by atoms with Crippen LogP contribution in [0.25, 0.3) is 16.5 Å². The van der Waals surface area contributed by atoms with E-state index in [1.54, 1.807) is 18.4 Å². The van der Waals surface area contributed by atoms with Crippen molar-refractivity contribution in [1.82, 2.24) is 19.5 Å². The summed E-state index contributed by atoms with van der Waals surface area (Å²) < 4.78 is 6.87. The molecule has 4 aromatic rings. The number of piperidine rings is 1. The van der Waals surface area contributed by atoms with E-state index in [0.29, 0.717) is 21.6 Å². The normalized spacial score (nSPS) is 16.6. The molecule has 144 valence electrons. The van der Waals surface area contributed by atoms with Crippen molar-refractivity contribution >= 4 is 27.9 Å². The van der Waals surface area contributed by atoms with E-state index in [1.807, 2.05) is 24.3 Å². The number of halogens is 1. The third-order valence-corrected chi connectivity index (χ3v) is 6.56. The van der Waals surface area contributed by atoms with E-state index in [0.717, 1.165) is 36.4 Å². The molecule has 1 saturated heterocycles. The summed E-state index contributed by atoms with van der Waals surface area (Å²) in [5, 5.41) is 16.2. The van der Waals surface area contributed by atoms with Gasteiger partial charge in [-0.25, -0.2) is 0 Å². The third-order valence-electron chi connectivity index (χ3n) is 5.15. The Kier molecular flexibility index (Phi) is 4.58. The van der Waals surface area contributed by atoms with Crippen LogP contribution in [0.3, 0.4) is 0 Å². The van der Waals surface area contributed by atoms with E-state index in [2.05, 4.69) is 15.0 Å². The summed E-state index contributed by atoms with van der Waals surface area (Å²) in [6, 6.07) is 11.3. The van der Waals surface area contributed by atoms with Crippen molar-refractivity contribution in [2.24, 2.45) is 0 Å². The van der Waals surface area contributed by atoms with Crippen LogP contribution in [0.5, 0.6) is 5.88 Å².